The lowest BCUT2D eigenvalue weighted by Gasteiger charge is -2.11. The summed E-state index contributed by atoms with van der Waals surface area (Å²) in [5.41, 5.74) is 2.02. The number of nitrogens with one attached hydrogen (secondary N) is 2. The molecule has 106 valence electrons. The van der Waals surface area contributed by atoms with Crippen molar-refractivity contribution in [3.63, 3.8) is 0 Å². The summed E-state index contributed by atoms with van der Waals surface area (Å²) >= 11 is 2.24. The van der Waals surface area contributed by atoms with Gasteiger partial charge in [-0.25, -0.2) is 0 Å². The van der Waals surface area contributed by atoms with Crippen molar-refractivity contribution >= 4 is 34.2 Å². The summed E-state index contributed by atoms with van der Waals surface area (Å²) < 4.78 is 1.14. The SMILES string of the molecule is CCC(C)NC(=O)/C(C#N)=C\Nc1ccc(I)cc1C. The number of halogens is 1. The van der Waals surface area contributed by atoms with Gasteiger partial charge in [0.15, 0.2) is 0 Å². The number of hydrogen-bond acceptors (Lipinski definition) is 3. The standard InChI is InChI=1S/C15H18IN3O/c1-4-11(3)19-15(20)12(8-17)9-18-14-6-5-13(16)7-10(14)2/h5-7,9,11,18H,4H2,1-3H3,(H,19,20)/b12-9-. The van der Waals surface area contributed by atoms with Crippen LogP contribution in [0.4, 0.5) is 5.69 Å². The maximum atomic E-state index is 11.9. The van der Waals surface area contributed by atoms with Crippen molar-refractivity contribution in [2.45, 2.75) is 33.2 Å². The summed E-state index contributed by atoms with van der Waals surface area (Å²) in [4.78, 5) is 11.9. The number of benzene rings is 1. The minimum Gasteiger partial charge on any atom is -0.360 e. The molecule has 1 amide bonds. The van der Waals surface area contributed by atoms with Crippen LogP contribution in [0.25, 0.3) is 0 Å². The summed E-state index contributed by atoms with van der Waals surface area (Å²) in [6.07, 6.45) is 2.28. The van der Waals surface area contributed by atoms with E-state index in [1.807, 2.05) is 45.0 Å². The minimum absolute atomic E-state index is 0.0549. The molecular formula is C15H18IN3O. The first-order valence-electron chi connectivity index (χ1n) is 6.41. The molecule has 2 N–H and O–H groups in total. The first-order valence-corrected chi connectivity index (χ1v) is 7.49. The van der Waals surface area contributed by atoms with Gasteiger partial charge >= 0.3 is 0 Å². The number of nitriles is 1. The van der Waals surface area contributed by atoms with Crippen molar-refractivity contribution in [3.05, 3.63) is 39.1 Å². The van der Waals surface area contributed by atoms with E-state index < -0.39 is 0 Å². The van der Waals surface area contributed by atoms with Gasteiger partial charge in [-0.2, -0.15) is 5.26 Å². The minimum atomic E-state index is -0.350. The van der Waals surface area contributed by atoms with E-state index in [0.717, 1.165) is 21.2 Å². The molecule has 1 aromatic rings. The molecule has 0 fully saturated rings. The molecule has 4 nitrogen and oxygen atoms in total. The zero-order chi connectivity index (χ0) is 15.1. The number of carbonyl (C=O) groups is 1. The van der Waals surface area contributed by atoms with Crippen molar-refractivity contribution < 1.29 is 4.79 Å². The van der Waals surface area contributed by atoms with Crippen molar-refractivity contribution in [1.29, 1.82) is 5.26 Å². The summed E-state index contributed by atoms with van der Waals surface area (Å²) in [6, 6.07) is 7.90. The van der Waals surface area contributed by atoms with Crippen LogP contribution in [0.15, 0.2) is 30.0 Å². The molecule has 0 bridgehead atoms. The molecule has 0 saturated heterocycles. The second-order valence-electron chi connectivity index (χ2n) is 4.56. The third-order valence-corrected chi connectivity index (χ3v) is 3.59. The van der Waals surface area contributed by atoms with Crippen molar-refractivity contribution in [2.24, 2.45) is 0 Å². The Balaban J connectivity index is 2.80. The van der Waals surface area contributed by atoms with Crippen molar-refractivity contribution in [3.8, 4) is 6.07 Å². The number of amides is 1. The van der Waals surface area contributed by atoms with E-state index in [2.05, 4.69) is 33.2 Å². The number of carbonyl (C=O) groups excluding carboxylic acids is 1. The summed E-state index contributed by atoms with van der Waals surface area (Å²) in [5.74, 6) is -0.350. The van der Waals surface area contributed by atoms with Crippen LogP contribution in [0.1, 0.15) is 25.8 Å². The molecule has 0 aliphatic carbocycles. The van der Waals surface area contributed by atoms with Crippen LogP contribution in [0.5, 0.6) is 0 Å². The molecule has 5 heteroatoms. The topological polar surface area (TPSA) is 64.9 Å². The second kappa shape index (κ2) is 7.90. The Morgan fingerprint density at radius 1 is 1.55 bits per heavy atom. The van der Waals surface area contributed by atoms with Gasteiger partial charge < -0.3 is 10.6 Å². The van der Waals surface area contributed by atoms with Gasteiger partial charge in [0, 0.05) is 21.5 Å². The first-order chi connectivity index (χ1) is 9.47. The monoisotopic (exact) mass is 383 g/mol. The normalized spacial score (nSPS) is 12.4. The molecule has 1 aromatic carbocycles. The highest BCUT2D eigenvalue weighted by Crippen LogP contribution is 2.17. The lowest BCUT2D eigenvalue weighted by Crippen LogP contribution is -2.33. The molecule has 0 radical (unpaired) electrons. The molecular weight excluding hydrogens is 365 g/mol. The van der Waals surface area contributed by atoms with E-state index in [9.17, 15) is 4.79 Å². The third-order valence-electron chi connectivity index (χ3n) is 2.92. The third kappa shape index (κ3) is 4.85. The molecule has 0 aliphatic rings. The maximum absolute atomic E-state index is 11.9. The first kappa shape index (κ1) is 16.5. The Hall–Kier alpha value is -1.55. The van der Waals surface area contributed by atoms with Crippen LogP contribution in [-0.2, 0) is 4.79 Å². The molecule has 0 spiro atoms. The van der Waals surface area contributed by atoms with Crippen LogP contribution < -0.4 is 10.6 Å². The lowest BCUT2D eigenvalue weighted by atomic mass is 10.2. The zero-order valence-corrected chi connectivity index (χ0v) is 14.0. The Morgan fingerprint density at radius 2 is 2.25 bits per heavy atom. The van der Waals surface area contributed by atoms with Crippen LogP contribution in [0.2, 0.25) is 0 Å². The van der Waals surface area contributed by atoms with Gasteiger partial charge in [-0.05, 0) is 66.6 Å². The molecule has 0 heterocycles. The lowest BCUT2D eigenvalue weighted by molar-refractivity contribution is -0.117. The number of hydrogen-bond donors (Lipinski definition) is 2. The largest absolute Gasteiger partial charge is 0.360 e. The number of rotatable bonds is 5. The van der Waals surface area contributed by atoms with Gasteiger partial charge in [0.1, 0.15) is 11.6 Å². The Kier molecular flexibility index (Phi) is 6.52. The van der Waals surface area contributed by atoms with Gasteiger partial charge in [-0.1, -0.05) is 6.92 Å². The van der Waals surface area contributed by atoms with Crippen molar-refractivity contribution in [2.75, 3.05) is 5.32 Å². The van der Waals surface area contributed by atoms with E-state index in [0.29, 0.717) is 0 Å². The van der Waals surface area contributed by atoms with Gasteiger partial charge in [0.2, 0.25) is 0 Å². The van der Waals surface area contributed by atoms with E-state index in [1.54, 1.807) is 0 Å². The van der Waals surface area contributed by atoms with Crippen LogP contribution in [0, 0.1) is 21.8 Å². The second-order valence-corrected chi connectivity index (χ2v) is 5.80. The predicted molar refractivity (Wildman–Crippen MR) is 89.1 cm³/mol. The molecule has 1 rings (SSSR count). The fraction of sp³-hybridized carbons (Fsp3) is 0.333. The van der Waals surface area contributed by atoms with E-state index in [-0.39, 0.29) is 17.5 Å². The number of aryl methyl sites for hydroxylation is 1. The van der Waals surface area contributed by atoms with E-state index >= 15 is 0 Å². The van der Waals surface area contributed by atoms with Crippen LogP contribution in [0.3, 0.4) is 0 Å². The fourth-order valence-corrected chi connectivity index (χ4v) is 2.14. The maximum Gasteiger partial charge on any atom is 0.263 e. The van der Waals surface area contributed by atoms with Gasteiger partial charge in [-0.15, -0.1) is 0 Å². The summed E-state index contributed by atoms with van der Waals surface area (Å²) in [5, 5.41) is 14.8. The highest BCUT2D eigenvalue weighted by Gasteiger charge is 2.11. The van der Waals surface area contributed by atoms with Crippen molar-refractivity contribution in [1.82, 2.24) is 5.32 Å². The van der Waals surface area contributed by atoms with E-state index in [4.69, 9.17) is 5.26 Å². The van der Waals surface area contributed by atoms with E-state index in [1.165, 1.54) is 6.20 Å². The average Bonchev–Trinajstić information content (AvgIpc) is 2.41. The molecule has 1 unspecified atom stereocenters. The molecule has 0 aliphatic heterocycles. The number of nitrogens with zero attached hydrogens (tertiary/aromatic N) is 1. The Bertz CT molecular complexity index is 561. The quantitative estimate of drug-likeness (QED) is 0.466. The molecule has 0 aromatic heterocycles. The van der Waals surface area contributed by atoms with Crippen LogP contribution >= 0.6 is 22.6 Å². The van der Waals surface area contributed by atoms with Crippen LogP contribution in [-0.4, -0.2) is 11.9 Å². The highest BCUT2D eigenvalue weighted by molar-refractivity contribution is 14.1. The van der Waals surface area contributed by atoms with Gasteiger partial charge in [0.25, 0.3) is 5.91 Å². The van der Waals surface area contributed by atoms with Gasteiger partial charge in [-0.3, -0.25) is 4.79 Å². The zero-order valence-electron chi connectivity index (χ0n) is 11.8. The highest BCUT2D eigenvalue weighted by atomic mass is 127. The number of anilines is 1. The summed E-state index contributed by atoms with van der Waals surface area (Å²) in [6.45, 7) is 5.86. The average molecular weight is 383 g/mol. The predicted octanol–water partition coefficient (Wildman–Crippen LogP) is 3.33. The fourth-order valence-electron chi connectivity index (χ4n) is 1.49. The Morgan fingerprint density at radius 3 is 2.80 bits per heavy atom. The molecule has 0 saturated carbocycles. The van der Waals surface area contributed by atoms with Gasteiger partial charge in [0.05, 0.1) is 0 Å². The summed E-state index contributed by atoms with van der Waals surface area (Å²) in [7, 11) is 0. The smallest absolute Gasteiger partial charge is 0.263 e. The molecule has 20 heavy (non-hydrogen) atoms. The Labute approximate surface area is 133 Å². The molecule has 1 atom stereocenters.